The van der Waals surface area contributed by atoms with Crippen molar-refractivity contribution in [1.82, 2.24) is 0 Å². The smallest absolute Gasteiger partial charge is 0.0551 e. The lowest BCUT2D eigenvalue weighted by Crippen LogP contribution is -2.12. The van der Waals surface area contributed by atoms with Crippen molar-refractivity contribution in [3.8, 4) is 0 Å². The molecular formula is C9H11BrClNO. The van der Waals surface area contributed by atoms with Gasteiger partial charge in [0.25, 0.3) is 0 Å². The number of benzene rings is 1. The molecular weight excluding hydrogens is 253 g/mol. The zero-order chi connectivity index (χ0) is 9.84. The van der Waals surface area contributed by atoms with Crippen LogP contribution in [0.4, 0.5) is 0 Å². The van der Waals surface area contributed by atoms with Crippen molar-refractivity contribution in [1.29, 1.82) is 0 Å². The minimum Gasteiger partial charge on any atom is -0.396 e. The Bertz CT molecular complexity index is 293. The van der Waals surface area contributed by atoms with E-state index in [4.69, 9.17) is 22.4 Å². The van der Waals surface area contributed by atoms with Crippen molar-refractivity contribution >= 4 is 27.5 Å². The molecule has 1 aromatic carbocycles. The highest BCUT2D eigenvalue weighted by Crippen LogP contribution is 2.30. The average Bonchev–Trinajstić information content (AvgIpc) is 2.10. The number of hydrogen-bond acceptors (Lipinski definition) is 2. The van der Waals surface area contributed by atoms with Crippen LogP contribution in [0.5, 0.6) is 0 Å². The van der Waals surface area contributed by atoms with Crippen LogP contribution in [0.25, 0.3) is 0 Å². The molecule has 0 unspecified atom stereocenters. The summed E-state index contributed by atoms with van der Waals surface area (Å²) in [5.74, 6) is 0. The molecule has 0 saturated heterocycles. The number of hydrogen-bond donors (Lipinski definition) is 2. The van der Waals surface area contributed by atoms with E-state index in [1.54, 1.807) is 6.07 Å². The molecule has 0 radical (unpaired) electrons. The number of halogens is 2. The number of aliphatic hydroxyl groups is 1. The lowest BCUT2D eigenvalue weighted by Gasteiger charge is -2.12. The van der Waals surface area contributed by atoms with Crippen LogP contribution in [0.3, 0.4) is 0 Å². The predicted molar refractivity (Wildman–Crippen MR) is 57.8 cm³/mol. The van der Waals surface area contributed by atoms with Crippen LogP contribution in [-0.4, -0.2) is 11.7 Å². The van der Waals surface area contributed by atoms with Gasteiger partial charge in [-0.25, -0.2) is 0 Å². The first-order valence-electron chi connectivity index (χ1n) is 3.97. The fourth-order valence-electron chi connectivity index (χ4n) is 1.10. The Morgan fingerprint density at radius 1 is 1.54 bits per heavy atom. The molecule has 0 aliphatic rings. The molecule has 13 heavy (non-hydrogen) atoms. The Morgan fingerprint density at radius 2 is 2.23 bits per heavy atom. The van der Waals surface area contributed by atoms with E-state index < -0.39 is 0 Å². The molecule has 1 rings (SSSR count). The fourth-order valence-corrected chi connectivity index (χ4v) is 1.84. The monoisotopic (exact) mass is 263 g/mol. The summed E-state index contributed by atoms with van der Waals surface area (Å²) < 4.78 is 0.817. The third kappa shape index (κ3) is 2.68. The molecule has 72 valence electrons. The first-order valence-corrected chi connectivity index (χ1v) is 5.14. The Hall–Kier alpha value is -0.0900. The van der Waals surface area contributed by atoms with E-state index in [0.717, 1.165) is 10.0 Å². The van der Waals surface area contributed by atoms with Crippen LogP contribution in [0, 0.1) is 0 Å². The number of nitrogens with two attached hydrogens (primary N) is 1. The van der Waals surface area contributed by atoms with Gasteiger partial charge in [-0.2, -0.15) is 0 Å². The first kappa shape index (κ1) is 11.0. The van der Waals surface area contributed by atoms with Gasteiger partial charge in [0.05, 0.1) is 5.02 Å². The van der Waals surface area contributed by atoms with Crippen LogP contribution in [0.1, 0.15) is 18.0 Å². The van der Waals surface area contributed by atoms with Crippen LogP contribution >= 0.6 is 27.5 Å². The van der Waals surface area contributed by atoms with E-state index in [1.807, 2.05) is 12.1 Å². The van der Waals surface area contributed by atoms with E-state index >= 15 is 0 Å². The highest BCUT2D eigenvalue weighted by molar-refractivity contribution is 9.10. The second kappa shape index (κ2) is 4.96. The first-order chi connectivity index (χ1) is 6.16. The van der Waals surface area contributed by atoms with Gasteiger partial charge in [0, 0.05) is 17.1 Å². The zero-order valence-electron chi connectivity index (χ0n) is 7.00. The summed E-state index contributed by atoms with van der Waals surface area (Å²) >= 11 is 9.25. The minimum absolute atomic E-state index is 0.0835. The molecule has 4 heteroatoms. The maximum Gasteiger partial charge on any atom is 0.0551 e. The van der Waals surface area contributed by atoms with E-state index in [0.29, 0.717) is 11.4 Å². The molecule has 0 saturated carbocycles. The largest absolute Gasteiger partial charge is 0.396 e. The molecule has 2 nitrogen and oxygen atoms in total. The van der Waals surface area contributed by atoms with Gasteiger partial charge < -0.3 is 10.8 Å². The predicted octanol–water partition coefficient (Wildman–Crippen LogP) is 2.48. The van der Waals surface area contributed by atoms with Gasteiger partial charge in [0.1, 0.15) is 0 Å². The maximum absolute atomic E-state index is 8.73. The third-order valence-corrected chi connectivity index (χ3v) is 3.25. The Morgan fingerprint density at radius 3 is 2.85 bits per heavy atom. The van der Waals surface area contributed by atoms with Crippen molar-refractivity contribution in [2.24, 2.45) is 5.73 Å². The van der Waals surface area contributed by atoms with Gasteiger partial charge in [0.2, 0.25) is 0 Å². The van der Waals surface area contributed by atoms with E-state index in [1.165, 1.54) is 0 Å². The van der Waals surface area contributed by atoms with Crippen LogP contribution in [-0.2, 0) is 0 Å². The van der Waals surface area contributed by atoms with E-state index in [9.17, 15) is 0 Å². The third-order valence-electron chi connectivity index (χ3n) is 1.82. The van der Waals surface area contributed by atoms with Gasteiger partial charge in [-0.3, -0.25) is 0 Å². The van der Waals surface area contributed by atoms with Crippen molar-refractivity contribution < 1.29 is 5.11 Å². The summed E-state index contributed by atoms with van der Waals surface area (Å²) in [6, 6.07) is 5.37. The van der Waals surface area contributed by atoms with Gasteiger partial charge in [-0.15, -0.1) is 0 Å². The maximum atomic E-state index is 8.73. The van der Waals surface area contributed by atoms with E-state index in [-0.39, 0.29) is 12.6 Å². The summed E-state index contributed by atoms with van der Waals surface area (Å²) in [6.07, 6.45) is 0.541. The standard InChI is InChI=1S/C9H11BrClNO/c10-9-6(8(12)4-5-13)2-1-3-7(9)11/h1-3,8,13H,4-5,12H2/t8-/m1/s1. The molecule has 0 fully saturated rings. The molecule has 1 aromatic rings. The Kier molecular flexibility index (Phi) is 4.19. The van der Waals surface area contributed by atoms with Gasteiger partial charge in [0.15, 0.2) is 0 Å². The SMILES string of the molecule is N[C@H](CCO)c1cccc(Cl)c1Br. The normalized spacial score (nSPS) is 12.9. The number of rotatable bonds is 3. The average molecular weight is 265 g/mol. The summed E-state index contributed by atoms with van der Waals surface area (Å²) in [6.45, 7) is 0.0835. The van der Waals surface area contributed by atoms with Gasteiger partial charge in [-0.05, 0) is 34.0 Å². The molecule has 0 aliphatic heterocycles. The van der Waals surface area contributed by atoms with E-state index in [2.05, 4.69) is 15.9 Å². The molecule has 0 amide bonds. The quantitative estimate of drug-likeness (QED) is 0.881. The molecule has 0 bridgehead atoms. The Labute approximate surface area is 90.8 Å². The van der Waals surface area contributed by atoms with Crippen molar-refractivity contribution in [2.75, 3.05) is 6.61 Å². The zero-order valence-corrected chi connectivity index (χ0v) is 9.35. The lowest BCUT2D eigenvalue weighted by molar-refractivity contribution is 0.276. The van der Waals surface area contributed by atoms with Gasteiger partial charge in [-0.1, -0.05) is 23.7 Å². The number of aliphatic hydroxyl groups excluding tert-OH is 1. The molecule has 0 heterocycles. The van der Waals surface area contributed by atoms with Crippen LogP contribution in [0.2, 0.25) is 5.02 Å². The topological polar surface area (TPSA) is 46.2 Å². The fraction of sp³-hybridized carbons (Fsp3) is 0.333. The van der Waals surface area contributed by atoms with Crippen molar-refractivity contribution in [3.05, 3.63) is 33.3 Å². The second-order valence-corrected chi connectivity index (χ2v) is 3.96. The second-order valence-electron chi connectivity index (χ2n) is 2.76. The summed E-state index contributed by atoms with van der Waals surface area (Å²) in [7, 11) is 0. The summed E-state index contributed by atoms with van der Waals surface area (Å²) in [5.41, 5.74) is 6.76. The summed E-state index contributed by atoms with van der Waals surface area (Å²) in [5, 5.41) is 9.37. The lowest BCUT2D eigenvalue weighted by atomic mass is 10.1. The highest BCUT2D eigenvalue weighted by Gasteiger charge is 2.10. The van der Waals surface area contributed by atoms with Crippen LogP contribution in [0.15, 0.2) is 22.7 Å². The van der Waals surface area contributed by atoms with Crippen LogP contribution < -0.4 is 5.73 Å². The highest BCUT2D eigenvalue weighted by atomic mass is 79.9. The molecule has 1 atom stereocenters. The van der Waals surface area contributed by atoms with Crippen molar-refractivity contribution in [2.45, 2.75) is 12.5 Å². The summed E-state index contributed by atoms with van der Waals surface area (Å²) in [4.78, 5) is 0. The van der Waals surface area contributed by atoms with Gasteiger partial charge >= 0.3 is 0 Å². The molecule has 0 spiro atoms. The van der Waals surface area contributed by atoms with Crippen molar-refractivity contribution in [3.63, 3.8) is 0 Å². The molecule has 0 aromatic heterocycles. The molecule has 0 aliphatic carbocycles. The minimum atomic E-state index is -0.168. The Balaban J connectivity index is 2.93. The molecule has 3 N–H and O–H groups in total.